The van der Waals surface area contributed by atoms with Crippen LogP contribution in [0.2, 0.25) is 5.15 Å². The van der Waals surface area contributed by atoms with Gasteiger partial charge < -0.3 is 0 Å². The highest BCUT2D eigenvalue weighted by molar-refractivity contribution is 7.98. The number of benzene rings is 1. The van der Waals surface area contributed by atoms with Crippen molar-refractivity contribution < 1.29 is 13.0 Å². The molecule has 2 aromatic rings. The lowest BCUT2D eigenvalue weighted by atomic mass is 9.88. The molecule has 2 atom stereocenters. The summed E-state index contributed by atoms with van der Waals surface area (Å²) in [4.78, 5) is 8.67. The normalized spacial score (nSPS) is 14.3. The fourth-order valence-corrected chi connectivity index (χ4v) is 3.74. The first kappa shape index (κ1) is 21.2. The van der Waals surface area contributed by atoms with Crippen molar-refractivity contribution in [2.24, 2.45) is 5.14 Å². The molecule has 0 aliphatic carbocycles. The third-order valence-electron chi connectivity index (χ3n) is 4.02. The maximum Gasteiger partial charge on any atom is 0.152 e. The van der Waals surface area contributed by atoms with E-state index in [-0.39, 0.29) is 17.5 Å². The van der Waals surface area contributed by atoms with E-state index in [1.54, 1.807) is 20.0 Å². The first-order valence-corrected chi connectivity index (χ1v) is 10.6. The molecule has 1 unspecified atom stereocenters. The number of nitrogens with zero attached hydrogens (tertiary/aromatic N) is 2. The summed E-state index contributed by atoms with van der Waals surface area (Å²) in [6.45, 7) is 3.53. The van der Waals surface area contributed by atoms with Gasteiger partial charge >= 0.3 is 0 Å². The molecule has 2 rings (SSSR count). The second-order valence-corrected chi connectivity index (χ2v) is 9.41. The van der Waals surface area contributed by atoms with Crippen LogP contribution in [0.5, 0.6) is 0 Å². The SMILES string of the molecule is CSc1cnc([C@@H](Cc2cc(F)cc(F)c2)CC(C)(C)S(N)=O)c(Cl)n1. The molecular weight excluding hydrogens is 400 g/mol. The number of rotatable bonds is 7. The first-order valence-electron chi connectivity index (χ1n) is 7.80. The molecular formula is C17H20ClF2N3OS2. The lowest BCUT2D eigenvalue weighted by molar-refractivity contribution is 0.501. The Bertz CT molecular complexity index is 800. The van der Waals surface area contributed by atoms with Gasteiger partial charge in [-0.15, -0.1) is 11.8 Å². The van der Waals surface area contributed by atoms with Crippen molar-refractivity contribution in [3.05, 3.63) is 52.4 Å². The number of aromatic nitrogens is 2. The number of hydrogen-bond donors (Lipinski definition) is 1. The maximum atomic E-state index is 13.6. The summed E-state index contributed by atoms with van der Waals surface area (Å²) in [6, 6.07) is 3.34. The van der Waals surface area contributed by atoms with E-state index >= 15 is 0 Å². The highest BCUT2D eigenvalue weighted by Crippen LogP contribution is 2.34. The van der Waals surface area contributed by atoms with E-state index in [1.165, 1.54) is 23.9 Å². The standard InChI is InChI=1S/C17H20ClF2N3OS2/c1-17(2,26(21)24)8-11(4-10-5-12(19)7-13(20)6-10)15-16(18)23-14(25-3)9-22-15/h5-7,9,11H,4,8,21H2,1-3H3/t11-,26?/m0/s1. The topological polar surface area (TPSA) is 68.9 Å². The lowest BCUT2D eigenvalue weighted by Gasteiger charge is -2.27. The lowest BCUT2D eigenvalue weighted by Crippen LogP contribution is -2.34. The van der Waals surface area contributed by atoms with E-state index in [1.807, 2.05) is 6.26 Å². The van der Waals surface area contributed by atoms with Crippen molar-refractivity contribution in [2.45, 2.75) is 42.4 Å². The third kappa shape index (κ3) is 5.45. The Hall–Kier alpha value is -1.09. The summed E-state index contributed by atoms with van der Waals surface area (Å²) in [6.07, 6.45) is 4.08. The van der Waals surface area contributed by atoms with Gasteiger partial charge in [0, 0.05) is 12.0 Å². The zero-order valence-corrected chi connectivity index (χ0v) is 17.0. The first-order chi connectivity index (χ1) is 12.1. The van der Waals surface area contributed by atoms with Gasteiger partial charge in [0.25, 0.3) is 0 Å². The molecule has 0 amide bonds. The van der Waals surface area contributed by atoms with Crippen LogP contribution in [0.3, 0.4) is 0 Å². The smallest absolute Gasteiger partial charge is 0.152 e. The van der Waals surface area contributed by atoms with E-state index in [0.29, 0.717) is 22.7 Å². The Kier molecular flexibility index (Phi) is 7.12. The largest absolute Gasteiger partial charge is 0.255 e. The molecule has 2 N–H and O–H groups in total. The van der Waals surface area contributed by atoms with Gasteiger partial charge in [-0.1, -0.05) is 11.6 Å². The van der Waals surface area contributed by atoms with Gasteiger partial charge in [-0.05, 0) is 50.6 Å². The minimum Gasteiger partial charge on any atom is -0.255 e. The molecule has 9 heteroatoms. The number of nitrogens with two attached hydrogens (primary N) is 1. The summed E-state index contributed by atoms with van der Waals surface area (Å²) in [5.74, 6) is -1.67. The van der Waals surface area contributed by atoms with E-state index in [0.717, 1.165) is 6.07 Å². The van der Waals surface area contributed by atoms with Gasteiger partial charge in [-0.3, -0.25) is 10.1 Å². The maximum absolute atomic E-state index is 13.6. The highest BCUT2D eigenvalue weighted by Gasteiger charge is 2.31. The zero-order chi connectivity index (χ0) is 19.5. The molecule has 0 fully saturated rings. The molecule has 1 aromatic heterocycles. The van der Waals surface area contributed by atoms with Crippen LogP contribution >= 0.6 is 23.4 Å². The van der Waals surface area contributed by atoms with Crippen molar-refractivity contribution in [3.63, 3.8) is 0 Å². The molecule has 0 saturated carbocycles. The highest BCUT2D eigenvalue weighted by atomic mass is 35.5. The minimum atomic E-state index is -1.59. The van der Waals surface area contributed by atoms with Crippen molar-refractivity contribution >= 4 is 34.3 Å². The number of hydrogen-bond acceptors (Lipinski definition) is 4. The molecule has 0 radical (unpaired) electrons. The monoisotopic (exact) mass is 419 g/mol. The summed E-state index contributed by atoms with van der Waals surface area (Å²) >= 11 is 7.70. The Morgan fingerprint density at radius 3 is 2.42 bits per heavy atom. The molecule has 1 heterocycles. The molecule has 1 aromatic carbocycles. The molecule has 0 aliphatic heterocycles. The Balaban J connectivity index is 2.43. The second kappa shape index (κ2) is 8.73. The number of thioether (sulfide) groups is 1. The molecule has 26 heavy (non-hydrogen) atoms. The molecule has 0 spiro atoms. The Morgan fingerprint density at radius 2 is 1.92 bits per heavy atom. The zero-order valence-electron chi connectivity index (χ0n) is 14.6. The molecule has 4 nitrogen and oxygen atoms in total. The van der Waals surface area contributed by atoms with E-state index in [4.69, 9.17) is 16.7 Å². The van der Waals surface area contributed by atoms with Crippen LogP contribution in [-0.2, 0) is 17.4 Å². The second-order valence-electron chi connectivity index (χ2n) is 6.53. The average molecular weight is 420 g/mol. The van der Waals surface area contributed by atoms with Gasteiger partial charge in [0.2, 0.25) is 0 Å². The minimum absolute atomic E-state index is 0.220. The van der Waals surface area contributed by atoms with E-state index in [9.17, 15) is 13.0 Å². The van der Waals surface area contributed by atoms with Crippen LogP contribution in [0.4, 0.5) is 8.78 Å². The van der Waals surface area contributed by atoms with Gasteiger partial charge in [-0.25, -0.2) is 18.0 Å². The van der Waals surface area contributed by atoms with Crippen molar-refractivity contribution in [3.8, 4) is 0 Å². The third-order valence-corrected chi connectivity index (χ3v) is 6.17. The van der Waals surface area contributed by atoms with Crippen LogP contribution in [0.1, 0.15) is 37.4 Å². The van der Waals surface area contributed by atoms with Crippen LogP contribution in [-0.4, -0.2) is 25.2 Å². The van der Waals surface area contributed by atoms with Gasteiger partial charge in [0.1, 0.15) is 16.7 Å². The van der Waals surface area contributed by atoms with Gasteiger partial charge in [0.15, 0.2) is 5.15 Å². The van der Waals surface area contributed by atoms with Crippen LogP contribution < -0.4 is 5.14 Å². The van der Waals surface area contributed by atoms with Crippen LogP contribution in [0, 0.1) is 11.6 Å². The summed E-state index contributed by atoms with van der Waals surface area (Å²) in [5, 5.41) is 6.48. The summed E-state index contributed by atoms with van der Waals surface area (Å²) < 4.78 is 38.3. The summed E-state index contributed by atoms with van der Waals surface area (Å²) in [7, 11) is -1.59. The van der Waals surface area contributed by atoms with Gasteiger partial charge in [-0.2, -0.15) is 0 Å². The predicted octanol–water partition coefficient (Wildman–Crippen LogP) is 4.25. The van der Waals surface area contributed by atoms with Crippen LogP contribution in [0.25, 0.3) is 0 Å². The van der Waals surface area contributed by atoms with Crippen molar-refractivity contribution in [2.75, 3.05) is 6.26 Å². The average Bonchev–Trinajstić information content (AvgIpc) is 2.52. The summed E-state index contributed by atoms with van der Waals surface area (Å²) in [5.41, 5.74) is 0.950. The molecule has 0 aliphatic rings. The quantitative estimate of drug-likeness (QED) is 0.681. The fourth-order valence-electron chi connectivity index (χ4n) is 2.69. The van der Waals surface area contributed by atoms with Crippen molar-refractivity contribution in [1.82, 2.24) is 9.97 Å². The molecule has 142 valence electrons. The Labute approximate surface area is 163 Å². The molecule has 0 bridgehead atoms. The Morgan fingerprint density at radius 1 is 1.31 bits per heavy atom. The van der Waals surface area contributed by atoms with E-state index < -0.39 is 27.4 Å². The van der Waals surface area contributed by atoms with Gasteiger partial charge in [0.05, 0.1) is 27.6 Å². The fraction of sp³-hybridized carbons (Fsp3) is 0.412. The van der Waals surface area contributed by atoms with Crippen molar-refractivity contribution in [1.29, 1.82) is 0 Å². The molecule has 0 saturated heterocycles. The predicted molar refractivity (Wildman–Crippen MR) is 103 cm³/mol. The van der Waals surface area contributed by atoms with E-state index in [2.05, 4.69) is 9.97 Å². The number of halogens is 3. The van der Waals surface area contributed by atoms with Crippen LogP contribution in [0.15, 0.2) is 29.4 Å².